The molecule has 4 N–H and O–H groups in total. The number of carbonyl (C=O) groups is 1. The quantitative estimate of drug-likeness (QED) is 0.359. The topological polar surface area (TPSA) is 104 Å². The van der Waals surface area contributed by atoms with Crippen molar-refractivity contribution in [1.82, 2.24) is 24.8 Å². The first-order valence-corrected chi connectivity index (χ1v) is 12.3. The van der Waals surface area contributed by atoms with E-state index in [1.165, 1.54) is 10.9 Å². The second-order valence-corrected chi connectivity index (χ2v) is 9.25. The molecule has 0 bridgehead atoms. The zero-order valence-electron chi connectivity index (χ0n) is 20.9. The summed E-state index contributed by atoms with van der Waals surface area (Å²) >= 11 is 0. The van der Waals surface area contributed by atoms with Crippen molar-refractivity contribution in [2.75, 3.05) is 12.8 Å². The number of rotatable bonds is 5. The minimum atomic E-state index is 0.265. The second-order valence-electron chi connectivity index (χ2n) is 9.25. The van der Waals surface area contributed by atoms with Gasteiger partial charge in [0.25, 0.3) is 0 Å². The predicted molar refractivity (Wildman–Crippen MR) is 140 cm³/mol. The average molecular weight is 461 g/mol. The second kappa shape index (κ2) is 9.97. The monoisotopic (exact) mass is 460 g/mol. The number of nitrogens with one attached hydrogen (secondary N) is 2. The number of aryl methyl sites for hydroxylation is 1. The third kappa shape index (κ3) is 4.85. The molecule has 3 aromatic heterocycles. The van der Waals surface area contributed by atoms with Gasteiger partial charge in [-0.2, -0.15) is 0 Å². The van der Waals surface area contributed by atoms with Gasteiger partial charge >= 0.3 is 0 Å². The minimum absolute atomic E-state index is 0.265. The highest BCUT2D eigenvalue weighted by Gasteiger charge is 2.26. The largest absolute Gasteiger partial charge is 0.384 e. The number of anilines is 1. The highest BCUT2D eigenvalue weighted by atomic mass is 16.1. The third-order valence-electron chi connectivity index (χ3n) is 6.90. The van der Waals surface area contributed by atoms with Crippen molar-refractivity contribution in [2.45, 2.75) is 66.0 Å². The first-order chi connectivity index (χ1) is 16.4. The van der Waals surface area contributed by atoms with Crippen molar-refractivity contribution in [3.05, 3.63) is 41.7 Å². The van der Waals surface area contributed by atoms with E-state index in [1.807, 2.05) is 26.8 Å². The van der Waals surface area contributed by atoms with Crippen LogP contribution < -0.4 is 5.73 Å². The Kier molecular flexibility index (Phi) is 7.03. The van der Waals surface area contributed by atoms with Gasteiger partial charge in [-0.05, 0) is 76.4 Å². The van der Waals surface area contributed by atoms with Gasteiger partial charge in [-0.3, -0.25) is 9.69 Å². The number of benzene rings is 1. The number of nitrogen functional groups attached to an aromatic ring is 1. The van der Waals surface area contributed by atoms with Crippen molar-refractivity contribution in [2.24, 2.45) is 5.92 Å². The van der Waals surface area contributed by atoms with E-state index in [1.54, 1.807) is 6.92 Å². The van der Waals surface area contributed by atoms with Gasteiger partial charge in [0.1, 0.15) is 17.4 Å². The smallest absolute Gasteiger partial charge is 0.180 e. The molecule has 0 saturated heterocycles. The normalized spacial score (nSPS) is 18.3. The molecule has 1 aromatic carbocycles. The molecule has 4 aromatic rings. The van der Waals surface area contributed by atoms with Gasteiger partial charge in [0.15, 0.2) is 5.65 Å². The van der Waals surface area contributed by atoms with E-state index < -0.39 is 0 Å². The van der Waals surface area contributed by atoms with E-state index in [9.17, 15) is 4.79 Å². The Labute approximate surface area is 201 Å². The number of fused-ring (bicyclic) bond motifs is 2. The van der Waals surface area contributed by atoms with Crippen molar-refractivity contribution in [1.29, 1.82) is 0 Å². The molecule has 0 aliphatic heterocycles. The molecule has 0 amide bonds. The van der Waals surface area contributed by atoms with E-state index in [4.69, 9.17) is 5.73 Å². The van der Waals surface area contributed by atoms with Gasteiger partial charge in [-0.1, -0.05) is 19.9 Å². The number of nitrogens with zero attached hydrogens (tertiary/aromatic N) is 3. The Bertz CT molecular complexity index is 1300. The summed E-state index contributed by atoms with van der Waals surface area (Å²) in [5.74, 6) is 1.89. The number of aromatic amines is 2. The Morgan fingerprint density at radius 1 is 1.09 bits per heavy atom. The number of ketones is 1. The summed E-state index contributed by atoms with van der Waals surface area (Å²) in [6.45, 7) is 8.55. The maximum Gasteiger partial charge on any atom is 0.180 e. The zero-order valence-corrected chi connectivity index (χ0v) is 20.9. The van der Waals surface area contributed by atoms with Crippen LogP contribution in [-0.2, 0) is 11.3 Å². The first-order valence-electron chi connectivity index (χ1n) is 12.3. The van der Waals surface area contributed by atoms with Crippen LogP contribution >= 0.6 is 0 Å². The third-order valence-corrected chi connectivity index (χ3v) is 6.90. The summed E-state index contributed by atoms with van der Waals surface area (Å²) in [6, 6.07) is 11.2. The van der Waals surface area contributed by atoms with Crippen molar-refractivity contribution >= 4 is 33.7 Å². The summed E-state index contributed by atoms with van der Waals surface area (Å²) in [4.78, 5) is 29.7. The lowest BCUT2D eigenvalue weighted by Gasteiger charge is -2.34. The van der Waals surface area contributed by atoms with Crippen LogP contribution in [0.25, 0.3) is 33.3 Å². The maximum atomic E-state index is 11.7. The van der Waals surface area contributed by atoms with Crippen LogP contribution in [0.4, 0.5) is 5.82 Å². The fourth-order valence-corrected chi connectivity index (χ4v) is 5.10. The number of imidazole rings is 1. The lowest BCUT2D eigenvalue weighted by molar-refractivity contribution is -0.122. The fraction of sp³-hybridized carbons (Fsp3) is 0.444. The van der Waals surface area contributed by atoms with Gasteiger partial charge in [0, 0.05) is 40.7 Å². The van der Waals surface area contributed by atoms with Crippen molar-refractivity contribution in [3.8, 4) is 11.3 Å². The lowest BCUT2D eigenvalue weighted by atomic mass is 9.83. The van der Waals surface area contributed by atoms with Crippen molar-refractivity contribution < 1.29 is 4.79 Å². The molecular formula is C27H36N6O. The highest BCUT2D eigenvalue weighted by molar-refractivity contribution is 5.95. The van der Waals surface area contributed by atoms with Crippen molar-refractivity contribution in [3.63, 3.8) is 0 Å². The summed E-state index contributed by atoms with van der Waals surface area (Å²) in [5.41, 5.74) is 11.9. The van der Waals surface area contributed by atoms with Crippen LogP contribution in [0.3, 0.4) is 0 Å². The average Bonchev–Trinajstić information content (AvgIpc) is 3.42. The van der Waals surface area contributed by atoms with E-state index >= 15 is 0 Å². The predicted octanol–water partition coefficient (Wildman–Crippen LogP) is 5.60. The number of carbonyl (C=O) groups excluding carboxylic acids is 1. The Balaban J connectivity index is 0.00000133. The molecule has 1 aliphatic rings. The van der Waals surface area contributed by atoms with Gasteiger partial charge in [-0.25, -0.2) is 9.97 Å². The molecule has 0 spiro atoms. The van der Waals surface area contributed by atoms with Crippen LogP contribution in [0.15, 0.2) is 30.3 Å². The molecule has 180 valence electrons. The van der Waals surface area contributed by atoms with Crippen LogP contribution in [0.5, 0.6) is 0 Å². The number of H-pyrrole nitrogens is 2. The van der Waals surface area contributed by atoms with Crippen LogP contribution in [0.1, 0.15) is 57.8 Å². The molecule has 0 unspecified atom stereocenters. The van der Waals surface area contributed by atoms with E-state index in [2.05, 4.69) is 56.1 Å². The molecule has 7 nitrogen and oxygen atoms in total. The molecule has 34 heavy (non-hydrogen) atoms. The molecule has 1 fully saturated rings. The van der Waals surface area contributed by atoms with E-state index in [0.717, 1.165) is 60.3 Å². The lowest BCUT2D eigenvalue weighted by Crippen LogP contribution is -2.35. The zero-order chi connectivity index (χ0) is 24.4. The number of Topliss-reactive ketones (excluding diaryl/α,β-unsaturated/α-hetero) is 1. The van der Waals surface area contributed by atoms with E-state index in [-0.39, 0.29) is 5.92 Å². The number of aromatic nitrogens is 4. The molecule has 5 rings (SSSR count). The summed E-state index contributed by atoms with van der Waals surface area (Å²) in [6.07, 6.45) is 4.23. The van der Waals surface area contributed by atoms with Crippen LogP contribution in [0, 0.1) is 12.8 Å². The number of pyridine rings is 1. The Morgan fingerprint density at radius 3 is 2.53 bits per heavy atom. The molecular weight excluding hydrogens is 424 g/mol. The Hall–Kier alpha value is -3.19. The van der Waals surface area contributed by atoms with Gasteiger partial charge < -0.3 is 15.7 Å². The highest BCUT2D eigenvalue weighted by Crippen LogP contribution is 2.32. The summed E-state index contributed by atoms with van der Waals surface area (Å²) in [7, 11) is 2.20. The number of nitrogens with two attached hydrogens (primary N) is 1. The van der Waals surface area contributed by atoms with E-state index in [0.29, 0.717) is 23.3 Å². The molecule has 1 saturated carbocycles. The Morgan fingerprint density at radius 2 is 1.82 bits per heavy atom. The first kappa shape index (κ1) is 24.0. The minimum Gasteiger partial charge on any atom is -0.384 e. The van der Waals surface area contributed by atoms with Gasteiger partial charge in [0.2, 0.25) is 0 Å². The number of hydrogen-bond acceptors (Lipinski definition) is 5. The summed E-state index contributed by atoms with van der Waals surface area (Å²) < 4.78 is 0. The van der Waals surface area contributed by atoms with Crippen LogP contribution in [0.2, 0.25) is 0 Å². The number of hydrogen-bond donors (Lipinski definition) is 3. The molecule has 1 aliphatic carbocycles. The molecule has 0 atom stereocenters. The fourth-order valence-electron chi connectivity index (χ4n) is 5.10. The van der Waals surface area contributed by atoms with Gasteiger partial charge in [-0.15, -0.1) is 0 Å². The standard InChI is InChI=1S/C25H30N6O.C2H6/c1-14(32)17-5-7-19(8-6-17)31(3)13-16-4-9-21-18(10-16)11-22(29-21)20-12-23(26)30-25-24(20)27-15(2)28-25;1-2/h4,9-12,17,19,29H,5-8,13H2,1-3H3,(H3,26,27,28,30);1-2H3. The van der Waals surface area contributed by atoms with Crippen LogP contribution in [-0.4, -0.2) is 43.7 Å². The molecule has 0 radical (unpaired) electrons. The van der Waals surface area contributed by atoms with Gasteiger partial charge in [0.05, 0.1) is 5.52 Å². The molecule has 3 heterocycles. The SMILES string of the molecule is CC.CC(=O)C1CCC(N(C)Cc2ccc3[nH]c(-c4cc(N)nc5nc(C)[nH]c45)cc3c2)CC1. The molecule has 7 heteroatoms. The summed E-state index contributed by atoms with van der Waals surface area (Å²) in [5, 5.41) is 1.17. The maximum absolute atomic E-state index is 11.7.